The lowest BCUT2D eigenvalue weighted by molar-refractivity contribution is 0.510. The molecule has 0 amide bonds. The van der Waals surface area contributed by atoms with E-state index in [0.29, 0.717) is 5.56 Å². The second-order valence-corrected chi connectivity index (χ2v) is 5.26. The van der Waals surface area contributed by atoms with Crippen molar-refractivity contribution >= 4 is 0 Å². The summed E-state index contributed by atoms with van der Waals surface area (Å²) in [6, 6.07) is 10.6. The highest BCUT2D eigenvalue weighted by Crippen LogP contribution is 2.31. The van der Waals surface area contributed by atoms with Crippen molar-refractivity contribution in [3.63, 3.8) is 0 Å². The molecule has 2 nitrogen and oxygen atoms in total. The van der Waals surface area contributed by atoms with Crippen molar-refractivity contribution in [2.45, 2.75) is 6.42 Å². The van der Waals surface area contributed by atoms with Crippen LogP contribution in [0.2, 0.25) is 0 Å². The molecule has 0 aliphatic heterocycles. The number of rotatable bonds is 3. The Morgan fingerprint density at radius 1 is 0.840 bits per heavy atom. The number of nitriles is 1. The topological polar surface area (TPSA) is 36.7 Å². The van der Waals surface area contributed by atoms with Crippen molar-refractivity contribution in [2.75, 3.05) is 0 Å². The van der Waals surface area contributed by atoms with E-state index in [9.17, 15) is 17.6 Å². The molecule has 0 radical (unpaired) electrons. The fourth-order valence-electron chi connectivity index (χ4n) is 2.53. The standard InChI is InChI=1S/C19H10F4N2/c20-15-5-1-3-12(18(15)22)14-10-25-17(9-11(14)7-8-24)13-4-2-6-16(21)19(13)23/h1-6,9-10H,7H2. The highest BCUT2D eigenvalue weighted by molar-refractivity contribution is 5.71. The Morgan fingerprint density at radius 3 is 2.08 bits per heavy atom. The number of nitrogens with zero attached hydrogens (tertiary/aromatic N) is 2. The maximum atomic E-state index is 14.1. The average molecular weight is 342 g/mol. The van der Waals surface area contributed by atoms with Crippen LogP contribution in [0.4, 0.5) is 17.6 Å². The summed E-state index contributed by atoms with van der Waals surface area (Å²) >= 11 is 0. The molecule has 1 aromatic heterocycles. The Bertz CT molecular complexity index is 993. The molecule has 0 spiro atoms. The van der Waals surface area contributed by atoms with E-state index in [2.05, 4.69) is 4.98 Å². The van der Waals surface area contributed by atoms with Gasteiger partial charge in [-0.05, 0) is 29.8 Å². The van der Waals surface area contributed by atoms with Crippen LogP contribution in [0.3, 0.4) is 0 Å². The molecule has 25 heavy (non-hydrogen) atoms. The first-order valence-electron chi connectivity index (χ1n) is 7.27. The van der Waals surface area contributed by atoms with Crippen LogP contribution in [0.15, 0.2) is 48.7 Å². The molecule has 0 aliphatic carbocycles. The van der Waals surface area contributed by atoms with Crippen LogP contribution in [0.5, 0.6) is 0 Å². The summed E-state index contributed by atoms with van der Waals surface area (Å²) in [6.07, 6.45) is 1.10. The zero-order valence-corrected chi connectivity index (χ0v) is 12.7. The molecular weight excluding hydrogens is 332 g/mol. The smallest absolute Gasteiger partial charge is 0.168 e. The van der Waals surface area contributed by atoms with Gasteiger partial charge in [0.05, 0.1) is 18.2 Å². The van der Waals surface area contributed by atoms with Crippen LogP contribution < -0.4 is 0 Å². The summed E-state index contributed by atoms with van der Waals surface area (Å²) < 4.78 is 54.9. The molecule has 3 aromatic rings. The van der Waals surface area contributed by atoms with Gasteiger partial charge < -0.3 is 0 Å². The molecule has 6 heteroatoms. The summed E-state index contributed by atoms with van der Waals surface area (Å²) in [4.78, 5) is 4.04. The van der Waals surface area contributed by atoms with Gasteiger partial charge in [-0.1, -0.05) is 18.2 Å². The first kappa shape index (κ1) is 16.7. The Hall–Kier alpha value is -3.20. The molecule has 0 bridgehead atoms. The number of hydrogen-bond donors (Lipinski definition) is 0. The molecule has 2 aromatic carbocycles. The van der Waals surface area contributed by atoms with Crippen molar-refractivity contribution in [1.82, 2.24) is 4.98 Å². The lowest BCUT2D eigenvalue weighted by atomic mass is 9.97. The minimum absolute atomic E-state index is 0.0518. The molecule has 0 saturated heterocycles. The van der Waals surface area contributed by atoms with Gasteiger partial charge in [0.2, 0.25) is 0 Å². The predicted molar refractivity (Wildman–Crippen MR) is 84.3 cm³/mol. The lowest BCUT2D eigenvalue weighted by Crippen LogP contribution is -1.98. The van der Waals surface area contributed by atoms with E-state index in [1.807, 2.05) is 6.07 Å². The van der Waals surface area contributed by atoms with Gasteiger partial charge in [-0.2, -0.15) is 5.26 Å². The second-order valence-electron chi connectivity index (χ2n) is 5.26. The van der Waals surface area contributed by atoms with Gasteiger partial charge >= 0.3 is 0 Å². The fraction of sp³-hybridized carbons (Fsp3) is 0.0526. The third kappa shape index (κ3) is 3.09. The summed E-state index contributed by atoms with van der Waals surface area (Å²) in [5.41, 5.74) is 0.525. The number of hydrogen-bond acceptors (Lipinski definition) is 2. The van der Waals surface area contributed by atoms with Gasteiger partial charge in [-0.3, -0.25) is 4.98 Å². The van der Waals surface area contributed by atoms with Crippen LogP contribution in [0, 0.1) is 34.6 Å². The van der Waals surface area contributed by atoms with E-state index in [1.54, 1.807) is 0 Å². The van der Waals surface area contributed by atoms with Crippen LogP contribution in [-0.4, -0.2) is 4.98 Å². The van der Waals surface area contributed by atoms with E-state index >= 15 is 0 Å². The molecular formula is C19H10F4N2. The van der Waals surface area contributed by atoms with Crippen molar-refractivity contribution in [1.29, 1.82) is 5.26 Å². The Balaban J connectivity index is 2.19. The third-order valence-corrected chi connectivity index (χ3v) is 3.73. The molecule has 0 fully saturated rings. The number of pyridine rings is 1. The molecule has 0 aliphatic rings. The van der Waals surface area contributed by atoms with Crippen molar-refractivity contribution in [3.05, 3.63) is 77.5 Å². The molecule has 1 heterocycles. The zero-order valence-electron chi connectivity index (χ0n) is 12.7. The Labute approximate surface area is 141 Å². The first-order valence-corrected chi connectivity index (χ1v) is 7.27. The van der Waals surface area contributed by atoms with E-state index in [-0.39, 0.29) is 28.8 Å². The van der Waals surface area contributed by atoms with Crippen molar-refractivity contribution in [2.24, 2.45) is 0 Å². The minimum Gasteiger partial charge on any atom is -0.255 e. The number of halogens is 4. The normalized spacial score (nSPS) is 10.5. The van der Waals surface area contributed by atoms with E-state index in [0.717, 1.165) is 12.1 Å². The molecule has 0 atom stereocenters. The van der Waals surface area contributed by atoms with Crippen LogP contribution >= 0.6 is 0 Å². The zero-order chi connectivity index (χ0) is 18.0. The average Bonchev–Trinajstić information content (AvgIpc) is 2.60. The summed E-state index contributed by atoms with van der Waals surface area (Å²) in [7, 11) is 0. The molecule has 0 unspecified atom stereocenters. The molecule has 0 saturated carbocycles. The van der Waals surface area contributed by atoms with E-state index in [4.69, 9.17) is 5.26 Å². The third-order valence-electron chi connectivity index (χ3n) is 3.73. The maximum absolute atomic E-state index is 14.1. The van der Waals surface area contributed by atoms with Gasteiger partial charge in [-0.25, -0.2) is 17.6 Å². The van der Waals surface area contributed by atoms with Crippen molar-refractivity contribution < 1.29 is 17.6 Å². The Morgan fingerprint density at radius 2 is 1.44 bits per heavy atom. The maximum Gasteiger partial charge on any atom is 0.168 e. The van der Waals surface area contributed by atoms with Crippen LogP contribution in [0.25, 0.3) is 22.4 Å². The van der Waals surface area contributed by atoms with Crippen LogP contribution in [-0.2, 0) is 6.42 Å². The first-order chi connectivity index (χ1) is 12.0. The minimum atomic E-state index is -1.07. The van der Waals surface area contributed by atoms with Gasteiger partial charge in [0.1, 0.15) is 0 Å². The number of benzene rings is 2. The highest BCUT2D eigenvalue weighted by Gasteiger charge is 2.17. The second kappa shape index (κ2) is 6.73. The van der Waals surface area contributed by atoms with Crippen LogP contribution in [0.1, 0.15) is 5.56 Å². The van der Waals surface area contributed by atoms with Crippen molar-refractivity contribution in [3.8, 4) is 28.5 Å². The van der Waals surface area contributed by atoms with Gasteiger partial charge in [0.25, 0.3) is 0 Å². The lowest BCUT2D eigenvalue weighted by Gasteiger charge is -2.11. The summed E-state index contributed by atoms with van der Waals surface area (Å²) in [5.74, 6) is -4.18. The van der Waals surface area contributed by atoms with Gasteiger partial charge in [0.15, 0.2) is 23.3 Å². The molecule has 124 valence electrons. The van der Waals surface area contributed by atoms with E-state index < -0.39 is 23.3 Å². The molecule has 3 rings (SSSR count). The fourth-order valence-corrected chi connectivity index (χ4v) is 2.53. The Kier molecular flexibility index (Phi) is 4.48. The largest absolute Gasteiger partial charge is 0.255 e. The molecule has 0 N–H and O–H groups in total. The highest BCUT2D eigenvalue weighted by atomic mass is 19.2. The number of aromatic nitrogens is 1. The SMILES string of the molecule is N#CCc1cc(-c2cccc(F)c2F)ncc1-c1cccc(F)c1F. The predicted octanol–water partition coefficient (Wildman–Crippen LogP) is 5.04. The van der Waals surface area contributed by atoms with Gasteiger partial charge in [-0.15, -0.1) is 0 Å². The van der Waals surface area contributed by atoms with E-state index in [1.165, 1.54) is 36.5 Å². The quantitative estimate of drug-likeness (QED) is 0.626. The summed E-state index contributed by atoms with van der Waals surface area (Å²) in [5, 5.41) is 9.00. The summed E-state index contributed by atoms with van der Waals surface area (Å²) in [6.45, 7) is 0. The van der Waals surface area contributed by atoms with Gasteiger partial charge in [0, 0.05) is 22.9 Å². The monoisotopic (exact) mass is 342 g/mol.